The summed E-state index contributed by atoms with van der Waals surface area (Å²) in [5, 5.41) is 9.84. The van der Waals surface area contributed by atoms with Crippen molar-refractivity contribution in [1.82, 2.24) is 9.97 Å². The summed E-state index contributed by atoms with van der Waals surface area (Å²) in [4.78, 5) is 8.48. The number of benzene rings is 1. The quantitative estimate of drug-likeness (QED) is 0.0743. The highest BCUT2D eigenvalue weighted by Gasteiger charge is 2.89. The third-order valence-corrected chi connectivity index (χ3v) is 8.25. The van der Waals surface area contributed by atoms with Crippen molar-refractivity contribution in [2.24, 2.45) is 0 Å². The number of aryl methyl sites for hydroxylation is 1. The van der Waals surface area contributed by atoms with Crippen LogP contribution in [-0.4, -0.2) is 107 Å². The number of rotatable bonds is 26. The molecular weight excluding hydrogens is 941 g/mol. The Balaban J connectivity index is 2.06. The van der Waals surface area contributed by atoms with Gasteiger partial charge < -0.3 is 14.6 Å². The van der Waals surface area contributed by atoms with E-state index in [1.54, 1.807) is 12.4 Å². The van der Waals surface area contributed by atoms with Gasteiger partial charge in [0.05, 0.1) is 6.61 Å². The van der Waals surface area contributed by atoms with Crippen LogP contribution in [-0.2, 0) is 20.6 Å². The fourth-order valence-corrected chi connectivity index (χ4v) is 4.64. The molecule has 1 aromatic carbocycles. The molecule has 7 nitrogen and oxygen atoms in total. The molecule has 364 valence electrons. The minimum absolute atomic E-state index is 0.0797. The molecule has 0 fully saturated rings. The number of aliphatic hydroxyl groups excluding tert-OH is 1. The molecule has 0 aliphatic heterocycles. The first-order chi connectivity index (χ1) is 28.3. The molecule has 0 aliphatic carbocycles. The molecule has 0 aliphatic rings. The molecule has 1 heterocycles. The number of alkyl halides is 23. The van der Waals surface area contributed by atoms with Crippen LogP contribution in [0.1, 0.15) is 51.0 Å². The summed E-state index contributed by atoms with van der Waals surface area (Å²) in [5.41, 5.74) is 1.31. The van der Waals surface area contributed by atoms with E-state index < -0.39 is 92.1 Å². The van der Waals surface area contributed by atoms with Crippen molar-refractivity contribution < 1.29 is 125 Å². The van der Waals surface area contributed by atoms with Crippen molar-refractivity contribution in [3.05, 3.63) is 42.2 Å². The predicted molar refractivity (Wildman–Crippen MR) is 165 cm³/mol. The van der Waals surface area contributed by atoms with Crippen LogP contribution in [0.4, 0.5) is 101 Å². The summed E-state index contributed by atoms with van der Waals surface area (Å²) < 4.78 is 321. The molecule has 0 bridgehead atoms. The van der Waals surface area contributed by atoms with E-state index in [1.807, 2.05) is 0 Å². The van der Waals surface area contributed by atoms with Gasteiger partial charge in [-0.25, -0.2) is 19.4 Å². The zero-order valence-corrected chi connectivity index (χ0v) is 31.3. The van der Waals surface area contributed by atoms with Crippen LogP contribution in [0.15, 0.2) is 36.7 Å². The van der Waals surface area contributed by atoms with E-state index in [0.717, 1.165) is 55.2 Å². The smallest absolute Gasteiger partial charge is 0.460 e. The van der Waals surface area contributed by atoms with Gasteiger partial charge in [-0.15, -0.1) is 0 Å². The fourth-order valence-electron chi connectivity index (χ4n) is 4.64. The Morgan fingerprint density at radius 2 is 0.968 bits per heavy atom. The minimum Gasteiger partial charge on any atom is -0.491 e. The van der Waals surface area contributed by atoms with E-state index in [1.165, 1.54) is 29.0 Å². The fraction of sp³-hybridized carbons (Fsp3) is 0.697. The Kier molecular flexibility index (Phi) is 17.1. The van der Waals surface area contributed by atoms with Crippen LogP contribution in [0.2, 0.25) is 0 Å². The van der Waals surface area contributed by atoms with Gasteiger partial charge in [-0.2, -0.15) is 101 Å². The summed E-state index contributed by atoms with van der Waals surface area (Å²) in [6, 6.07) is 5.32. The maximum atomic E-state index is 14.1. The Bertz CT molecular complexity index is 1740. The van der Waals surface area contributed by atoms with Crippen molar-refractivity contribution in [1.29, 1.82) is 0 Å². The van der Waals surface area contributed by atoms with Gasteiger partial charge in [0, 0.05) is 18.0 Å². The van der Waals surface area contributed by atoms with Crippen molar-refractivity contribution in [2.45, 2.75) is 124 Å². The van der Waals surface area contributed by atoms with Gasteiger partial charge in [0.25, 0.3) is 0 Å². The number of ether oxygens (including phenoxy) is 4. The number of nitrogens with zero attached hydrogens (tertiary/aromatic N) is 2. The zero-order valence-electron chi connectivity index (χ0n) is 31.3. The number of aliphatic hydroxyl groups is 1. The maximum Gasteiger partial charge on any atom is 0.460 e. The van der Waals surface area contributed by atoms with Gasteiger partial charge in [0.15, 0.2) is 5.82 Å². The van der Waals surface area contributed by atoms with Gasteiger partial charge in [0.2, 0.25) is 0 Å². The van der Waals surface area contributed by atoms with Gasteiger partial charge in [-0.05, 0) is 42.7 Å². The highest BCUT2D eigenvalue weighted by molar-refractivity contribution is 5.55. The third kappa shape index (κ3) is 12.0. The summed E-state index contributed by atoms with van der Waals surface area (Å²) in [6.07, 6.45) is -33.0. The average molecular weight is 973 g/mol. The lowest BCUT2D eigenvalue weighted by atomic mass is 9.98. The lowest BCUT2D eigenvalue weighted by Gasteiger charge is -2.40. The third-order valence-electron chi connectivity index (χ3n) is 8.25. The van der Waals surface area contributed by atoms with Gasteiger partial charge in [0.1, 0.15) is 25.1 Å². The average Bonchev–Trinajstić information content (AvgIpc) is 3.14. The molecule has 1 atom stereocenters. The van der Waals surface area contributed by atoms with E-state index in [2.05, 4.69) is 21.6 Å². The molecule has 2 rings (SSSR count). The Hall–Kier alpha value is -3.67. The topological polar surface area (TPSA) is 82.9 Å². The maximum absolute atomic E-state index is 14.1. The molecule has 30 heteroatoms. The Morgan fingerprint density at radius 3 is 1.43 bits per heavy atom. The van der Waals surface area contributed by atoms with E-state index in [9.17, 15) is 106 Å². The van der Waals surface area contributed by atoms with E-state index in [0.29, 0.717) is 5.56 Å². The number of hydrogen-bond acceptors (Lipinski definition) is 7. The van der Waals surface area contributed by atoms with E-state index >= 15 is 0 Å². The minimum atomic E-state index is -8.63. The predicted octanol–water partition coefficient (Wildman–Crippen LogP) is 11.6. The second-order valence-corrected chi connectivity index (χ2v) is 13.3. The zero-order chi connectivity index (χ0) is 48.9. The van der Waals surface area contributed by atoms with Crippen molar-refractivity contribution >= 4 is 0 Å². The molecule has 1 N–H and O–H groups in total. The second-order valence-electron chi connectivity index (χ2n) is 13.3. The van der Waals surface area contributed by atoms with E-state index in [4.69, 9.17) is 4.74 Å². The lowest BCUT2D eigenvalue weighted by molar-refractivity contribution is -0.558. The Labute approximate surface area is 338 Å². The monoisotopic (exact) mass is 972 g/mol. The van der Waals surface area contributed by atoms with Crippen LogP contribution < -0.4 is 4.74 Å². The lowest BCUT2D eigenvalue weighted by Crippen LogP contribution is -2.70. The molecule has 63 heavy (non-hydrogen) atoms. The normalized spacial score (nSPS) is 15.2. The highest BCUT2D eigenvalue weighted by Crippen LogP contribution is 2.60. The molecule has 0 saturated carbocycles. The summed E-state index contributed by atoms with van der Waals surface area (Å²) in [5.74, 6) is -48.3. The summed E-state index contributed by atoms with van der Waals surface area (Å²) in [7, 11) is 0. The standard InChI is InChI=1S/C33H31F23N2O5/c1-2-3-4-5-6-7-8-18-13-57-22(58-14-18)19-9-11-21(12-10-19)61-16-20(59)15-60-17-23(34,35)24(36,37)25(38,39)27(42,43)30(49,50)62-32(53,54)33(55,56)63-31(51,52)28(44,45)26(40,41)29(46,47)48/h9-14,20,59H,2-8,15-17H2,1H3. The molecule has 0 saturated heterocycles. The van der Waals surface area contributed by atoms with Crippen molar-refractivity contribution in [3.63, 3.8) is 0 Å². The number of halogens is 23. The summed E-state index contributed by atoms with van der Waals surface area (Å²) >= 11 is 0. The van der Waals surface area contributed by atoms with Gasteiger partial charge >= 0.3 is 66.1 Å². The molecule has 0 radical (unpaired) electrons. The van der Waals surface area contributed by atoms with Crippen LogP contribution >= 0.6 is 0 Å². The Morgan fingerprint density at radius 1 is 0.524 bits per heavy atom. The first-order valence-electron chi connectivity index (χ1n) is 17.3. The van der Waals surface area contributed by atoms with Gasteiger partial charge in [-0.1, -0.05) is 39.0 Å². The van der Waals surface area contributed by atoms with E-state index in [-0.39, 0.29) is 11.6 Å². The molecule has 2 aromatic rings. The molecule has 0 spiro atoms. The van der Waals surface area contributed by atoms with Crippen molar-refractivity contribution in [3.8, 4) is 17.1 Å². The summed E-state index contributed by atoms with van der Waals surface area (Å²) in [6.45, 7) is -3.73. The highest BCUT2D eigenvalue weighted by atomic mass is 19.4. The van der Waals surface area contributed by atoms with Crippen LogP contribution in [0.5, 0.6) is 5.75 Å². The molecular formula is C33H31F23N2O5. The molecule has 1 aromatic heterocycles. The first kappa shape index (κ1) is 55.5. The van der Waals surface area contributed by atoms with Crippen LogP contribution in [0.25, 0.3) is 11.4 Å². The number of hydrogen-bond donors (Lipinski definition) is 1. The number of unbranched alkanes of at least 4 members (excludes halogenated alkanes) is 5. The van der Waals surface area contributed by atoms with Gasteiger partial charge in [-0.3, -0.25) is 0 Å². The SMILES string of the molecule is CCCCCCCCc1cnc(-c2ccc(OCC(O)COCC(F)(F)C(F)(F)C(F)(F)C(F)(F)C(F)(F)OC(F)(F)C(F)(F)OC(F)(F)C(F)(F)C(F)(F)C(F)(F)F)cc2)nc1. The first-order valence-corrected chi connectivity index (χ1v) is 17.3. The van der Waals surface area contributed by atoms with Crippen molar-refractivity contribution in [2.75, 3.05) is 19.8 Å². The second kappa shape index (κ2) is 19.4. The largest absolute Gasteiger partial charge is 0.491 e. The molecule has 1 unspecified atom stereocenters. The van der Waals surface area contributed by atoms with Crippen LogP contribution in [0, 0.1) is 0 Å². The number of aromatic nitrogens is 2. The van der Waals surface area contributed by atoms with Crippen LogP contribution in [0.3, 0.4) is 0 Å². The molecule has 0 amide bonds.